The van der Waals surface area contributed by atoms with Crippen molar-refractivity contribution in [2.45, 2.75) is 41.0 Å². The van der Waals surface area contributed by atoms with Gasteiger partial charge in [-0.1, -0.05) is 53.5 Å². The fourth-order valence-electron chi connectivity index (χ4n) is 1.41. The third-order valence-electron chi connectivity index (χ3n) is 2.59. The van der Waals surface area contributed by atoms with Crippen LogP contribution in [0, 0.1) is 6.92 Å². The molecule has 1 aromatic carbocycles. The summed E-state index contributed by atoms with van der Waals surface area (Å²) in [5, 5.41) is 5.65. The Labute approximate surface area is 154 Å². The highest BCUT2D eigenvalue weighted by atomic mass is 79.9. The quantitative estimate of drug-likeness (QED) is 0.420. The summed E-state index contributed by atoms with van der Waals surface area (Å²) >= 11 is 3.25. The van der Waals surface area contributed by atoms with Gasteiger partial charge in [0.2, 0.25) is 5.91 Å². The van der Waals surface area contributed by atoms with Crippen molar-refractivity contribution in [2.24, 2.45) is 0 Å². The molecular weight excluding hydrogens is 368 g/mol. The maximum absolute atomic E-state index is 11.0. The average molecular weight is 397 g/mol. The molecule has 2 N–H and O–H groups in total. The first-order valence-electron chi connectivity index (χ1n) is 7.91. The largest absolute Gasteiger partial charge is 0.388 e. The molecule has 0 aromatic heterocycles. The van der Waals surface area contributed by atoms with E-state index in [9.17, 15) is 9.59 Å². The van der Waals surface area contributed by atoms with E-state index in [1.54, 1.807) is 12.2 Å². The monoisotopic (exact) mass is 396 g/mol. The molecule has 0 aliphatic carbocycles. The number of rotatable bonds is 5. The smallest absolute Gasteiger partial charge is 0.231 e. The van der Waals surface area contributed by atoms with Crippen molar-refractivity contribution >= 4 is 33.8 Å². The van der Waals surface area contributed by atoms with Crippen molar-refractivity contribution in [1.29, 1.82) is 0 Å². The van der Waals surface area contributed by atoms with E-state index in [0.717, 1.165) is 4.48 Å². The van der Waals surface area contributed by atoms with Crippen LogP contribution in [-0.4, -0.2) is 19.2 Å². The molecule has 0 heterocycles. The van der Waals surface area contributed by atoms with Gasteiger partial charge in [0.25, 0.3) is 0 Å². The van der Waals surface area contributed by atoms with Crippen molar-refractivity contribution in [2.75, 3.05) is 12.4 Å². The normalized spacial score (nSPS) is 10.5. The molecule has 1 aromatic rings. The van der Waals surface area contributed by atoms with Gasteiger partial charge in [0, 0.05) is 17.2 Å². The van der Waals surface area contributed by atoms with Crippen molar-refractivity contribution in [1.82, 2.24) is 5.32 Å². The maximum atomic E-state index is 11.0. The van der Waals surface area contributed by atoms with E-state index in [-0.39, 0.29) is 12.3 Å². The zero-order chi connectivity index (χ0) is 19.0. The van der Waals surface area contributed by atoms with Crippen molar-refractivity contribution < 1.29 is 9.59 Å². The molecule has 0 saturated carbocycles. The Kier molecular flexibility index (Phi) is 16.2. The summed E-state index contributed by atoms with van der Waals surface area (Å²) in [6.07, 6.45) is 4.03. The Morgan fingerprint density at radius 1 is 1.21 bits per heavy atom. The lowest BCUT2D eigenvalue weighted by atomic mass is 10.2. The number of benzene rings is 1. The molecule has 134 valence electrons. The third kappa shape index (κ3) is 12.6. The molecule has 0 aliphatic heterocycles. The molecule has 0 aliphatic rings. The minimum atomic E-state index is -0.304. The van der Waals surface area contributed by atoms with Gasteiger partial charge in [-0.2, -0.15) is 0 Å². The summed E-state index contributed by atoms with van der Waals surface area (Å²) in [5.74, 6) is -0.304. The lowest BCUT2D eigenvalue weighted by molar-refractivity contribution is -0.123. The second-order valence-corrected chi connectivity index (χ2v) is 5.67. The number of allylic oxidation sites excluding steroid dienone is 3. The van der Waals surface area contributed by atoms with E-state index in [2.05, 4.69) is 57.8 Å². The van der Waals surface area contributed by atoms with Crippen LogP contribution >= 0.6 is 15.9 Å². The van der Waals surface area contributed by atoms with E-state index >= 15 is 0 Å². The maximum Gasteiger partial charge on any atom is 0.231 e. The van der Waals surface area contributed by atoms with Crippen LogP contribution < -0.4 is 10.6 Å². The number of halogens is 1. The van der Waals surface area contributed by atoms with Crippen LogP contribution in [0.15, 0.2) is 46.6 Å². The van der Waals surface area contributed by atoms with Crippen LogP contribution in [0.1, 0.15) is 39.7 Å². The van der Waals surface area contributed by atoms with Gasteiger partial charge in [0.1, 0.15) is 6.29 Å². The van der Waals surface area contributed by atoms with Crippen LogP contribution in [0.4, 0.5) is 5.69 Å². The number of anilines is 1. The molecule has 0 bridgehead atoms. The molecule has 0 atom stereocenters. The number of carbonyl (C=O) groups is 2. The van der Waals surface area contributed by atoms with Gasteiger partial charge in [0.05, 0.1) is 12.1 Å². The zero-order valence-corrected chi connectivity index (χ0v) is 17.0. The predicted octanol–water partition coefficient (Wildman–Crippen LogP) is 4.96. The standard InChI is InChI=1S/C9H12BrNO2.C8H11N.C2H6/c1-3-4-8(7(2)10)11-9(13)5-6-12;1-7-3-5-8(9-2)6-4-7;1-2/h3-4,6H,5H2,1-2H3,(H,11,13);3-6,9H,1-2H3;1-2H3/b4-3-,8-7-;;. The molecule has 0 saturated heterocycles. The highest BCUT2D eigenvalue weighted by Gasteiger charge is 2.02. The molecule has 0 radical (unpaired) electrons. The van der Waals surface area contributed by atoms with E-state index in [4.69, 9.17) is 0 Å². The van der Waals surface area contributed by atoms with Crippen molar-refractivity contribution in [3.05, 3.63) is 52.2 Å². The topological polar surface area (TPSA) is 58.2 Å². The minimum Gasteiger partial charge on any atom is -0.388 e. The molecule has 1 amide bonds. The highest BCUT2D eigenvalue weighted by Crippen LogP contribution is 2.09. The zero-order valence-electron chi connectivity index (χ0n) is 15.4. The molecule has 0 unspecified atom stereocenters. The van der Waals surface area contributed by atoms with E-state index in [1.807, 2.05) is 34.7 Å². The third-order valence-corrected chi connectivity index (χ3v) is 3.01. The highest BCUT2D eigenvalue weighted by molar-refractivity contribution is 9.11. The summed E-state index contributed by atoms with van der Waals surface area (Å²) < 4.78 is 0.824. The van der Waals surface area contributed by atoms with Crippen LogP contribution in [0.3, 0.4) is 0 Å². The Morgan fingerprint density at radius 2 is 1.75 bits per heavy atom. The Morgan fingerprint density at radius 3 is 2.12 bits per heavy atom. The van der Waals surface area contributed by atoms with Gasteiger partial charge in [-0.15, -0.1) is 0 Å². The second kappa shape index (κ2) is 16.0. The van der Waals surface area contributed by atoms with Crippen molar-refractivity contribution in [3.63, 3.8) is 0 Å². The van der Waals surface area contributed by atoms with E-state index in [0.29, 0.717) is 12.0 Å². The summed E-state index contributed by atoms with van der Waals surface area (Å²) in [5.41, 5.74) is 3.14. The predicted molar refractivity (Wildman–Crippen MR) is 107 cm³/mol. The number of carbonyl (C=O) groups excluding carboxylic acids is 2. The van der Waals surface area contributed by atoms with E-state index in [1.165, 1.54) is 11.3 Å². The number of nitrogens with one attached hydrogen (secondary N) is 2. The molecule has 24 heavy (non-hydrogen) atoms. The summed E-state index contributed by atoms with van der Waals surface area (Å²) in [4.78, 5) is 21.0. The van der Waals surface area contributed by atoms with Gasteiger partial charge in [-0.25, -0.2) is 0 Å². The van der Waals surface area contributed by atoms with Gasteiger partial charge < -0.3 is 15.4 Å². The van der Waals surface area contributed by atoms with E-state index < -0.39 is 0 Å². The van der Waals surface area contributed by atoms with Crippen LogP contribution in [0.25, 0.3) is 0 Å². The Balaban J connectivity index is 0. The molecule has 5 heteroatoms. The SMILES string of the molecule is C/C=C\C(NC(=O)CC=O)=C(/C)Br.CC.CNc1ccc(C)cc1. The molecular formula is C19H29BrN2O2. The van der Waals surface area contributed by atoms with Crippen LogP contribution in [0.2, 0.25) is 0 Å². The number of hydrogen-bond acceptors (Lipinski definition) is 3. The van der Waals surface area contributed by atoms with Gasteiger partial charge in [-0.3, -0.25) is 4.79 Å². The molecule has 4 nitrogen and oxygen atoms in total. The number of aldehydes is 1. The number of amides is 1. The van der Waals surface area contributed by atoms with Gasteiger partial charge in [-0.05, 0) is 39.0 Å². The minimum absolute atomic E-state index is 0.110. The Hall–Kier alpha value is -1.88. The van der Waals surface area contributed by atoms with Gasteiger partial charge in [0.15, 0.2) is 0 Å². The number of hydrogen-bond donors (Lipinski definition) is 2. The second-order valence-electron chi connectivity index (χ2n) is 4.48. The first-order chi connectivity index (χ1) is 11.4. The number of aryl methyl sites for hydroxylation is 1. The fourth-order valence-corrected chi connectivity index (χ4v) is 1.64. The molecule has 0 spiro atoms. The summed E-state index contributed by atoms with van der Waals surface area (Å²) in [6.45, 7) is 9.75. The molecule has 1 rings (SSSR count). The van der Waals surface area contributed by atoms with Crippen LogP contribution in [0.5, 0.6) is 0 Å². The lowest BCUT2D eigenvalue weighted by Gasteiger charge is -2.04. The Bertz CT molecular complexity index is 531. The lowest BCUT2D eigenvalue weighted by Crippen LogP contribution is -2.22. The van der Waals surface area contributed by atoms with Crippen molar-refractivity contribution in [3.8, 4) is 0 Å². The first kappa shape index (κ1) is 24.4. The summed E-state index contributed by atoms with van der Waals surface area (Å²) in [7, 11) is 1.92. The molecule has 0 fully saturated rings. The van der Waals surface area contributed by atoms with Gasteiger partial charge >= 0.3 is 0 Å². The first-order valence-corrected chi connectivity index (χ1v) is 8.70. The fraction of sp³-hybridized carbons (Fsp3) is 0.368. The summed E-state index contributed by atoms with van der Waals surface area (Å²) in [6, 6.07) is 8.31. The van der Waals surface area contributed by atoms with Crippen LogP contribution in [-0.2, 0) is 9.59 Å². The average Bonchev–Trinajstić information content (AvgIpc) is 2.58.